The van der Waals surface area contributed by atoms with Crippen molar-refractivity contribution >= 4 is 22.8 Å². The van der Waals surface area contributed by atoms with E-state index in [4.69, 9.17) is 9.15 Å². The molecular formula is C20H23N3O4. The molecule has 0 saturated heterocycles. The van der Waals surface area contributed by atoms with Gasteiger partial charge in [-0.3, -0.25) is 4.57 Å². The molecular weight excluding hydrogens is 346 g/mol. The first-order valence-electron chi connectivity index (χ1n) is 8.67. The molecule has 0 aliphatic rings. The van der Waals surface area contributed by atoms with Gasteiger partial charge in [0, 0.05) is 25.8 Å². The summed E-state index contributed by atoms with van der Waals surface area (Å²) in [7, 11) is 3.33. The Morgan fingerprint density at radius 3 is 2.78 bits per heavy atom. The van der Waals surface area contributed by atoms with Crippen LogP contribution >= 0.6 is 0 Å². The Morgan fingerprint density at radius 2 is 2.00 bits per heavy atom. The fraction of sp³-hybridized carbons (Fsp3) is 0.300. The minimum absolute atomic E-state index is 0.266. The number of nitrogens with zero attached hydrogens (tertiary/aromatic N) is 2. The number of ether oxygens (including phenoxy) is 1. The van der Waals surface area contributed by atoms with E-state index in [0.29, 0.717) is 29.9 Å². The highest BCUT2D eigenvalue weighted by Gasteiger charge is 2.12. The maximum atomic E-state index is 12.3. The number of aromatic nitrogens is 1. The summed E-state index contributed by atoms with van der Waals surface area (Å²) >= 11 is 0. The molecule has 27 heavy (non-hydrogen) atoms. The monoisotopic (exact) mass is 369 g/mol. The predicted octanol–water partition coefficient (Wildman–Crippen LogP) is 3.29. The Hall–Kier alpha value is -3.22. The Kier molecular flexibility index (Phi) is 5.21. The molecule has 0 saturated carbocycles. The molecule has 142 valence electrons. The Morgan fingerprint density at radius 1 is 1.22 bits per heavy atom. The molecule has 3 aromatic rings. The maximum absolute atomic E-state index is 12.3. The van der Waals surface area contributed by atoms with Gasteiger partial charge in [-0.25, -0.2) is 9.59 Å². The normalized spacial score (nSPS) is 10.8. The molecule has 1 N–H and O–H groups in total. The molecule has 0 fully saturated rings. The number of hydrogen-bond donors (Lipinski definition) is 1. The van der Waals surface area contributed by atoms with Crippen LogP contribution in [0.25, 0.3) is 11.1 Å². The molecule has 3 rings (SSSR count). The zero-order valence-electron chi connectivity index (χ0n) is 15.9. The molecule has 0 spiro atoms. The lowest BCUT2D eigenvalue weighted by atomic mass is 10.1. The second-order valence-corrected chi connectivity index (χ2v) is 6.58. The fourth-order valence-electron chi connectivity index (χ4n) is 2.69. The number of urea groups is 1. The van der Waals surface area contributed by atoms with Gasteiger partial charge < -0.3 is 19.4 Å². The molecule has 0 unspecified atom stereocenters. The minimum atomic E-state index is -0.436. The van der Waals surface area contributed by atoms with Crippen molar-refractivity contribution in [3.63, 3.8) is 0 Å². The van der Waals surface area contributed by atoms with Crippen molar-refractivity contribution in [3.8, 4) is 5.75 Å². The van der Waals surface area contributed by atoms with Gasteiger partial charge in [0.2, 0.25) is 0 Å². The summed E-state index contributed by atoms with van der Waals surface area (Å²) in [5.41, 5.74) is 3.86. The summed E-state index contributed by atoms with van der Waals surface area (Å²) < 4.78 is 12.3. The van der Waals surface area contributed by atoms with Crippen LogP contribution in [0.1, 0.15) is 11.1 Å². The van der Waals surface area contributed by atoms with E-state index in [2.05, 4.69) is 5.32 Å². The van der Waals surface area contributed by atoms with E-state index in [1.165, 1.54) is 9.47 Å². The number of rotatable bonds is 5. The predicted molar refractivity (Wildman–Crippen MR) is 105 cm³/mol. The van der Waals surface area contributed by atoms with Crippen molar-refractivity contribution in [1.82, 2.24) is 9.47 Å². The zero-order chi connectivity index (χ0) is 19.6. The molecule has 0 aliphatic heterocycles. The van der Waals surface area contributed by atoms with E-state index in [1.54, 1.807) is 32.3 Å². The lowest BCUT2D eigenvalue weighted by Crippen LogP contribution is -2.34. The summed E-state index contributed by atoms with van der Waals surface area (Å²) in [6.07, 6.45) is 0. The summed E-state index contributed by atoms with van der Waals surface area (Å²) in [6.45, 7) is 4.82. The third-order valence-corrected chi connectivity index (χ3v) is 4.42. The average Bonchev–Trinajstić information content (AvgIpc) is 2.91. The third kappa shape index (κ3) is 4.13. The lowest BCUT2D eigenvalue weighted by Gasteiger charge is -2.19. The van der Waals surface area contributed by atoms with Crippen molar-refractivity contribution in [2.24, 2.45) is 7.05 Å². The number of amides is 2. The third-order valence-electron chi connectivity index (χ3n) is 4.42. The SMILES string of the molecule is Cc1ccc(C)c(OCCN(C)C(=O)Nc2ccc3c(c2)oc(=O)n3C)c1. The van der Waals surface area contributed by atoms with Crippen LogP contribution in [0.5, 0.6) is 5.75 Å². The molecule has 2 aromatic carbocycles. The van der Waals surface area contributed by atoms with Gasteiger partial charge >= 0.3 is 11.8 Å². The van der Waals surface area contributed by atoms with Crippen LogP contribution in [0.4, 0.5) is 10.5 Å². The average molecular weight is 369 g/mol. The Labute approximate surface area is 157 Å². The fourth-order valence-corrected chi connectivity index (χ4v) is 2.69. The van der Waals surface area contributed by atoms with E-state index in [-0.39, 0.29) is 6.03 Å². The number of carbonyl (C=O) groups excluding carboxylic acids is 1. The molecule has 0 bridgehead atoms. The lowest BCUT2D eigenvalue weighted by molar-refractivity contribution is 0.207. The van der Waals surface area contributed by atoms with Crippen LogP contribution in [0.2, 0.25) is 0 Å². The van der Waals surface area contributed by atoms with Gasteiger partial charge in [0.25, 0.3) is 0 Å². The molecule has 2 amide bonds. The molecule has 1 aromatic heterocycles. The van der Waals surface area contributed by atoms with E-state index in [0.717, 1.165) is 16.9 Å². The number of carbonyl (C=O) groups is 1. The number of aryl methyl sites for hydroxylation is 3. The molecule has 0 atom stereocenters. The second-order valence-electron chi connectivity index (χ2n) is 6.58. The Bertz CT molecular complexity index is 1040. The topological polar surface area (TPSA) is 76.7 Å². The van der Waals surface area contributed by atoms with Crippen LogP contribution in [-0.2, 0) is 7.05 Å². The van der Waals surface area contributed by atoms with Crippen LogP contribution in [0, 0.1) is 13.8 Å². The van der Waals surface area contributed by atoms with Gasteiger partial charge in [-0.05, 0) is 43.2 Å². The Balaban J connectivity index is 1.57. The van der Waals surface area contributed by atoms with Crippen molar-refractivity contribution in [2.45, 2.75) is 13.8 Å². The number of nitrogens with one attached hydrogen (secondary N) is 1. The van der Waals surface area contributed by atoms with Crippen LogP contribution < -0.4 is 15.8 Å². The number of likely N-dealkylation sites (N-methyl/N-ethyl adjacent to an activating group) is 1. The molecule has 0 aliphatic carbocycles. The van der Waals surface area contributed by atoms with Gasteiger partial charge in [-0.2, -0.15) is 0 Å². The maximum Gasteiger partial charge on any atom is 0.419 e. The van der Waals surface area contributed by atoms with Gasteiger partial charge in [0.05, 0.1) is 12.1 Å². The standard InChI is InChI=1S/C20H23N3O4/c1-13-5-6-14(2)17(11-13)26-10-9-22(3)19(24)21-15-7-8-16-18(12-15)27-20(25)23(16)4/h5-8,11-12H,9-10H2,1-4H3,(H,21,24). The first-order chi connectivity index (χ1) is 12.8. The second kappa shape index (κ2) is 7.57. The van der Waals surface area contributed by atoms with E-state index < -0.39 is 5.76 Å². The molecule has 0 radical (unpaired) electrons. The summed E-state index contributed by atoms with van der Waals surface area (Å²) in [4.78, 5) is 25.4. The minimum Gasteiger partial charge on any atom is -0.491 e. The highest BCUT2D eigenvalue weighted by molar-refractivity contribution is 5.91. The highest BCUT2D eigenvalue weighted by atomic mass is 16.5. The first kappa shape index (κ1) is 18.6. The van der Waals surface area contributed by atoms with Crippen LogP contribution in [-0.4, -0.2) is 35.7 Å². The molecule has 1 heterocycles. The van der Waals surface area contributed by atoms with E-state index in [1.807, 2.05) is 32.0 Å². The van der Waals surface area contributed by atoms with Gasteiger partial charge in [-0.15, -0.1) is 0 Å². The summed E-state index contributed by atoms with van der Waals surface area (Å²) in [5, 5.41) is 2.79. The highest BCUT2D eigenvalue weighted by Crippen LogP contribution is 2.19. The first-order valence-corrected chi connectivity index (χ1v) is 8.67. The largest absolute Gasteiger partial charge is 0.491 e. The van der Waals surface area contributed by atoms with Crippen molar-refractivity contribution in [2.75, 3.05) is 25.5 Å². The van der Waals surface area contributed by atoms with Crippen molar-refractivity contribution < 1.29 is 13.9 Å². The van der Waals surface area contributed by atoms with E-state index >= 15 is 0 Å². The number of hydrogen-bond acceptors (Lipinski definition) is 4. The summed E-state index contributed by atoms with van der Waals surface area (Å²) in [6, 6.07) is 10.9. The summed E-state index contributed by atoms with van der Waals surface area (Å²) in [5.74, 6) is 0.391. The zero-order valence-corrected chi connectivity index (χ0v) is 15.9. The smallest absolute Gasteiger partial charge is 0.419 e. The number of oxazole rings is 1. The number of anilines is 1. The van der Waals surface area contributed by atoms with E-state index in [9.17, 15) is 9.59 Å². The quantitative estimate of drug-likeness (QED) is 0.749. The van der Waals surface area contributed by atoms with Gasteiger partial charge in [-0.1, -0.05) is 12.1 Å². The van der Waals surface area contributed by atoms with Crippen LogP contribution in [0.3, 0.4) is 0 Å². The molecule has 7 nitrogen and oxygen atoms in total. The van der Waals surface area contributed by atoms with Crippen LogP contribution in [0.15, 0.2) is 45.6 Å². The number of benzene rings is 2. The number of fused-ring (bicyclic) bond motifs is 1. The van der Waals surface area contributed by atoms with Gasteiger partial charge in [0.15, 0.2) is 5.58 Å². The van der Waals surface area contributed by atoms with Crippen molar-refractivity contribution in [1.29, 1.82) is 0 Å². The molecule has 7 heteroatoms. The van der Waals surface area contributed by atoms with Crippen molar-refractivity contribution in [3.05, 3.63) is 58.1 Å². The van der Waals surface area contributed by atoms with Gasteiger partial charge in [0.1, 0.15) is 12.4 Å².